The van der Waals surface area contributed by atoms with Crippen molar-refractivity contribution in [1.29, 1.82) is 0 Å². The van der Waals surface area contributed by atoms with Gasteiger partial charge in [-0.3, -0.25) is 4.79 Å². The molecular formula is C12H7Cl2FN2O2. The number of benzene rings is 1. The number of nitrogens with zero attached hydrogens (tertiary/aromatic N) is 1. The van der Waals surface area contributed by atoms with Crippen molar-refractivity contribution in [3.05, 3.63) is 63.3 Å². The maximum atomic E-state index is 12.7. The second-order valence-corrected chi connectivity index (χ2v) is 4.36. The highest BCUT2D eigenvalue weighted by atomic mass is 35.5. The van der Waals surface area contributed by atoms with Gasteiger partial charge < -0.3 is 10.5 Å². The molecule has 2 rings (SSSR count). The van der Waals surface area contributed by atoms with Crippen LogP contribution in [0.3, 0.4) is 0 Å². The van der Waals surface area contributed by atoms with Gasteiger partial charge >= 0.3 is 0 Å². The molecule has 1 heterocycles. The molecule has 1 amide bonds. The first-order valence-electron chi connectivity index (χ1n) is 5.13. The number of amides is 1. The molecule has 0 fully saturated rings. The fraction of sp³-hybridized carbons (Fsp3) is 0. The number of pyridine rings is 1. The second-order valence-electron chi connectivity index (χ2n) is 3.62. The minimum Gasteiger partial charge on any atom is -0.617 e. The van der Waals surface area contributed by atoms with Gasteiger partial charge in [0, 0.05) is 11.8 Å². The molecule has 1 aromatic carbocycles. The fourth-order valence-corrected chi connectivity index (χ4v) is 1.82. The van der Waals surface area contributed by atoms with E-state index < -0.39 is 11.7 Å². The van der Waals surface area contributed by atoms with E-state index in [0.717, 1.165) is 0 Å². The van der Waals surface area contributed by atoms with Gasteiger partial charge in [0.2, 0.25) is 0 Å². The second kappa shape index (κ2) is 5.42. The van der Waals surface area contributed by atoms with E-state index in [0.29, 0.717) is 5.69 Å². The Balaban J connectivity index is 2.25. The van der Waals surface area contributed by atoms with Crippen LogP contribution < -0.4 is 10.0 Å². The highest BCUT2D eigenvalue weighted by Crippen LogP contribution is 2.17. The van der Waals surface area contributed by atoms with Crippen LogP contribution in [-0.2, 0) is 0 Å². The van der Waals surface area contributed by atoms with Crippen LogP contribution in [0.15, 0.2) is 36.4 Å². The molecule has 0 aliphatic carbocycles. The maximum absolute atomic E-state index is 12.7. The van der Waals surface area contributed by atoms with E-state index in [1.165, 1.54) is 36.4 Å². The van der Waals surface area contributed by atoms with Crippen LogP contribution in [0.2, 0.25) is 10.3 Å². The number of rotatable bonds is 2. The Kier molecular flexibility index (Phi) is 3.87. The summed E-state index contributed by atoms with van der Waals surface area (Å²) in [5.41, 5.74) is 0.361. The third kappa shape index (κ3) is 2.94. The first-order valence-corrected chi connectivity index (χ1v) is 5.89. The van der Waals surface area contributed by atoms with E-state index in [-0.39, 0.29) is 20.6 Å². The monoisotopic (exact) mass is 300 g/mol. The summed E-state index contributed by atoms with van der Waals surface area (Å²) < 4.78 is 13.0. The lowest BCUT2D eigenvalue weighted by Gasteiger charge is -2.07. The van der Waals surface area contributed by atoms with Gasteiger partial charge in [0.05, 0.1) is 0 Å². The smallest absolute Gasteiger partial charge is 0.300 e. The minimum atomic E-state index is -0.585. The van der Waals surface area contributed by atoms with Crippen molar-refractivity contribution in [2.45, 2.75) is 0 Å². The Hall–Kier alpha value is -1.85. The van der Waals surface area contributed by atoms with E-state index in [4.69, 9.17) is 23.2 Å². The topological polar surface area (TPSA) is 56.0 Å². The van der Waals surface area contributed by atoms with Crippen molar-refractivity contribution in [3.63, 3.8) is 0 Å². The van der Waals surface area contributed by atoms with Crippen LogP contribution in [0.25, 0.3) is 0 Å². The van der Waals surface area contributed by atoms with Crippen LogP contribution >= 0.6 is 23.2 Å². The largest absolute Gasteiger partial charge is 0.617 e. The molecule has 0 spiro atoms. The molecule has 19 heavy (non-hydrogen) atoms. The number of carbonyl (C=O) groups is 1. The minimum absolute atomic E-state index is 0.0228. The van der Waals surface area contributed by atoms with Gasteiger partial charge in [0.1, 0.15) is 11.4 Å². The molecule has 4 nitrogen and oxygen atoms in total. The number of hydrogen-bond donors (Lipinski definition) is 1. The molecule has 2 aromatic rings. The average Bonchev–Trinajstić information content (AvgIpc) is 2.39. The summed E-state index contributed by atoms with van der Waals surface area (Å²) in [6, 6.07) is 7.78. The SMILES string of the molecule is O=C(Nc1ccc(F)cc1)c1ccc(Cl)[n+]([O-])c1Cl. The number of nitrogens with one attached hydrogen (secondary N) is 1. The molecule has 0 bridgehead atoms. The average molecular weight is 301 g/mol. The van der Waals surface area contributed by atoms with E-state index in [1.54, 1.807) is 0 Å². The lowest BCUT2D eigenvalue weighted by Crippen LogP contribution is -2.32. The summed E-state index contributed by atoms with van der Waals surface area (Å²) in [6.07, 6.45) is 0. The summed E-state index contributed by atoms with van der Waals surface area (Å²) in [7, 11) is 0. The fourth-order valence-electron chi connectivity index (χ4n) is 1.39. The Morgan fingerprint density at radius 1 is 1.16 bits per heavy atom. The maximum Gasteiger partial charge on any atom is 0.300 e. The Labute approximate surface area is 118 Å². The molecular weight excluding hydrogens is 294 g/mol. The van der Waals surface area contributed by atoms with E-state index in [9.17, 15) is 14.4 Å². The standard InChI is InChI=1S/C12H7Cl2FN2O2/c13-10-6-5-9(11(14)17(10)19)12(18)16-8-3-1-7(15)2-4-8/h1-6H,(H,16,18). The highest BCUT2D eigenvalue weighted by Gasteiger charge is 2.19. The predicted octanol–water partition coefficient (Wildman–Crippen LogP) is 3.02. The lowest BCUT2D eigenvalue weighted by atomic mass is 10.2. The van der Waals surface area contributed by atoms with Crippen LogP contribution in [0.5, 0.6) is 0 Å². The predicted molar refractivity (Wildman–Crippen MR) is 69.8 cm³/mol. The van der Waals surface area contributed by atoms with E-state index >= 15 is 0 Å². The van der Waals surface area contributed by atoms with Gasteiger partial charge in [0.25, 0.3) is 16.2 Å². The molecule has 0 atom stereocenters. The van der Waals surface area contributed by atoms with Gasteiger partial charge in [-0.2, -0.15) is 0 Å². The first-order chi connectivity index (χ1) is 8.99. The Morgan fingerprint density at radius 3 is 2.42 bits per heavy atom. The molecule has 0 saturated carbocycles. The van der Waals surface area contributed by atoms with Crippen LogP contribution in [0.1, 0.15) is 10.4 Å². The summed E-state index contributed by atoms with van der Waals surface area (Å²) in [6.45, 7) is 0. The van der Waals surface area contributed by atoms with Gasteiger partial charge in [-0.1, -0.05) is 0 Å². The summed E-state index contributed by atoms with van der Waals surface area (Å²) >= 11 is 11.3. The van der Waals surface area contributed by atoms with Crippen LogP contribution in [0.4, 0.5) is 10.1 Å². The third-order valence-corrected chi connectivity index (χ3v) is 2.97. The molecule has 1 aromatic heterocycles. The molecule has 98 valence electrons. The lowest BCUT2D eigenvalue weighted by molar-refractivity contribution is -0.600. The van der Waals surface area contributed by atoms with Crippen LogP contribution in [-0.4, -0.2) is 5.91 Å². The molecule has 0 aliphatic heterocycles. The molecule has 0 radical (unpaired) electrons. The molecule has 7 heteroatoms. The van der Waals surface area contributed by atoms with Gasteiger partial charge in [-0.05, 0) is 53.5 Å². The number of anilines is 1. The molecule has 0 unspecified atom stereocenters. The summed E-state index contributed by atoms with van der Waals surface area (Å²) in [4.78, 5) is 11.9. The van der Waals surface area contributed by atoms with Crippen molar-refractivity contribution in [2.24, 2.45) is 0 Å². The summed E-state index contributed by atoms with van der Waals surface area (Å²) in [5, 5.41) is 13.4. The quantitative estimate of drug-likeness (QED) is 0.526. The number of aromatic nitrogens is 1. The third-order valence-electron chi connectivity index (χ3n) is 2.33. The molecule has 1 N–H and O–H groups in total. The molecule has 0 aliphatic rings. The van der Waals surface area contributed by atoms with Gasteiger partial charge in [-0.15, -0.1) is 4.73 Å². The van der Waals surface area contributed by atoms with Crippen molar-refractivity contribution < 1.29 is 13.9 Å². The van der Waals surface area contributed by atoms with E-state index in [1.807, 2.05) is 0 Å². The zero-order valence-electron chi connectivity index (χ0n) is 9.36. The zero-order valence-corrected chi connectivity index (χ0v) is 10.9. The summed E-state index contributed by atoms with van der Waals surface area (Å²) in [5.74, 6) is -1.00. The number of carbonyl (C=O) groups excluding carboxylic acids is 1. The first kappa shape index (κ1) is 13.6. The van der Waals surface area contributed by atoms with E-state index in [2.05, 4.69) is 5.32 Å². The van der Waals surface area contributed by atoms with Crippen molar-refractivity contribution in [1.82, 2.24) is 0 Å². The Morgan fingerprint density at radius 2 is 1.79 bits per heavy atom. The van der Waals surface area contributed by atoms with Gasteiger partial charge in [0.15, 0.2) is 0 Å². The number of halogens is 3. The van der Waals surface area contributed by atoms with Gasteiger partial charge in [-0.25, -0.2) is 4.39 Å². The van der Waals surface area contributed by atoms with Crippen LogP contribution in [0, 0.1) is 11.0 Å². The molecule has 0 saturated heterocycles. The highest BCUT2D eigenvalue weighted by molar-refractivity contribution is 6.33. The van der Waals surface area contributed by atoms with Crippen molar-refractivity contribution >= 4 is 34.8 Å². The zero-order chi connectivity index (χ0) is 14.0. The van der Waals surface area contributed by atoms with Crippen molar-refractivity contribution in [3.8, 4) is 0 Å². The normalized spacial score (nSPS) is 10.3. The Bertz CT molecular complexity index is 632. The number of hydrogen-bond acceptors (Lipinski definition) is 2. The van der Waals surface area contributed by atoms with Crippen molar-refractivity contribution in [2.75, 3.05) is 5.32 Å².